The third-order valence-corrected chi connectivity index (χ3v) is 6.20. The van der Waals surface area contributed by atoms with Gasteiger partial charge in [0, 0.05) is 56.5 Å². The van der Waals surface area contributed by atoms with E-state index in [4.69, 9.17) is 0 Å². The summed E-state index contributed by atoms with van der Waals surface area (Å²) < 4.78 is 3.50. The molecule has 2 aromatic heterocycles. The second-order valence-corrected chi connectivity index (χ2v) is 7.97. The van der Waals surface area contributed by atoms with Gasteiger partial charge in [0.1, 0.15) is 0 Å². The van der Waals surface area contributed by atoms with Crippen molar-refractivity contribution >= 4 is 39.1 Å². The number of thiazole rings is 1. The minimum Gasteiger partial charge on any atom is -0.346 e. The van der Waals surface area contributed by atoms with E-state index in [0.717, 1.165) is 48.0 Å². The number of fused-ring (bicyclic) bond motifs is 1. The molecule has 3 heterocycles. The Morgan fingerprint density at radius 2 is 1.83 bits per heavy atom. The monoisotopic (exact) mass is 414 g/mol. The van der Waals surface area contributed by atoms with Crippen molar-refractivity contribution in [3.05, 3.63) is 40.3 Å². The van der Waals surface area contributed by atoms with Crippen molar-refractivity contribution in [2.24, 2.45) is 0 Å². The number of benzene rings is 1. The van der Waals surface area contributed by atoms with E-state index >= 15 is 0 Å². The predicted molar refractivity (Wildman–Crippen MR) is 117 cm³/mol. The predicted octanol–water partition coefficient (Wildman–Crippen LogP) is 2.06. The van der Waals surface area contributed by atoms with E-state index in [2.05, 4.69) is 20.1 Å². The number of imidazole rings is 1. The van der Waals surface area contributed by atoms with Crippen LogP contribution in [0.25, 0.3) is 11.0 Å². The summed E-state index contributed by atoms with van der Waals surface area (Å²) in [6, 6.07) is 5.67. The highest BCUT2D eigenvalue weighted by atomic mass is 32.1. The Labute approximate surface area is 173 Å². The number of hydrogen-bond donors (Lipinski definition) is 1. The molecule has 1 amide bonds. The van der Waals surface area contributed by atoms with Crippen molar-refractivity contribution in [3.63, 3.8) is 0 Å². The van der Waals surface area contributed by atoms with Gasteiger partial charge in [-0.3, -0.25) is 18.8 Å². The number of piperazine rings is 1. The Morgan fingerprint density at radius 3 is 2.48 bits per heavy atom. The fourth-order valence-corrected chi connectivity index (χ4v) is 4.58. The van der Waals surface area contributed by atoms with Crippen LogP contribution in [0.1, 0.15) is 13.8 Å². The van der Waals surface area contributed by atoms with Gasteiger partial charge >= 0.3 is 5.69 Å². The number of nitrogens with one attached hydrogen (secondary N) is 1. The Bertz CT molecular complexity index is 1050. The first-order chi connectivity index (χ1) is 14.1. The average Bonchev–Trinajstić information content (AvgIpc) is 3.34. The van der Waals surface area contributed by atoms with E-state index in [9.17, 15) is 9.59 Å². The molecule has 4 rings (SSSR count). The molecule has 0 unspecified atom stereocenters. The molecule has 0 atom stereocenters. The van der Waals surface area contributed by atoms with Gasteiger partial charge < -0.3 is 10.2 Å². The Hall–Kier alpha value is -2.65. The third-order valence-electron chi connectivity index (χ3n) is 5.36. The van der Waals surface area contributed by atoms with E-state index in [1.165, 1.54) is 0 Å². The van der Waals surface area contributed by atoms with Gasteiger partial charge in [-0.05, 0) is 32.0 Å². The molecule has 29 heavy (non-hydrogen) atoms. The van der Waals surface area contributed by atoms with Gasteiger partial charge in [-0.15, -0.1) is 11.3 Å². The number of anilines is 2. The fourth-order valence-electron chi connectivity index (χ4n) is 3.88. The van der Waals surface area contributed by atoms with Gasteiger partial charge in [0.05, 0.1) is 17.6 Å². The standard InChI is InChI=1S/C20H26N6O2S/c1-3-25-16-6-5-15(13-17(16)26(4-2)20(25)28)22-18(27)14-23-8-10-24(11-9-23)19-21-7-12-29-19/h5-7,12-13H,3-4,8-11,14H2,1-2H3,(H,22,27). The maximum absolute atomic E-state index is 12.6. The SMILES string of the molecule is CCn1c(=O)n(CC)c2cc(NC(=O)CN3CCN(c4nccs4)CC3)ccc21. The van der Waals surface area contributed by atoms with Crippen molar-refractivity contribution in [2.45, 2.75) is 26.9 Å². The van der Waals surface area contributed by atoms with Crippen LogP contribution in [0.15, 0.2) is 34.6 Å². The van der Waals surface area contributed by atoms with Crippen LogP contribution >= 0.6 is 11.3 Å². The molecule has 1 aliphatic heterocycles. The first-order valence-electron chi connectivity index (χ1n) is 10.0. The van der Waals surface area contributed by atoms with Crippen LogP contribution in [0.2, 0.25) is 0 Å². The van der Waals surface area contributed by atoms with E-state index < -0.39 is 0 Å². The highest BCUT2D eigenvalue weighted by Gasteiger charge is 2.20. The minimum absolute atomic E-state index is 0.00780. The number of nitrogens with zero attached hydrogens (tertiary/aromatic N) is 5. The zero-order chi connectivity index (χ0) is 20.4. The van der Waals surface area contributed by atoms with Crippen molar-refractivity contribution in [2.75, 3.05) is 42.9 Å². The first kappa shape index (κ1) is 19.7. The van der Waals surface area contributed by atoms with Crippen LogP contribution in [0.5, 0.6) is 0 Å². The number of carbonyl (C=O) groups is 1. The number of carbonyl (C=O) groups excluding carboxylic acids is 1. The minimum atomic E-state index is -0.0348. The number of amides is 1. The topological polar surface area (TPSA) is 75.4 Å². The van der Waals surface area contributed by atoms with Crippen molar-refractivity contribution in [1.82, 2.24) is 19.0 Å². The highest BCUT2D eigenvalue weighted by molar-refractivity contribution is 7.13. The van der Waals surface area contributed by atoms with Crippen LogP contribution in [0.4, 0.5) is 10.8 Å². The zero-order valence-corrected chi connectivity index (χ0v) is 17.6. The molecule has 0 radical (unpaired) electrons. The fraction of sp³-hybridized carbons (Fsp3) is 0.450. The largest absolute Gasteiger partial charge is 0.346 e. The lowest BCUT2D eigenvalue weighted by molar-refractivity contribution is -0.117. The van der Waals surface area contributed by atoms with Gasteiger partial charge in [-0.1, -0.05) is 0 Å². The maximum atomic E-state index is 12.6. The molecule has 0 bridgehead atoms. The van der Waals surface area contributed by atoms with Crippen LogP contribution < -0.4 is 15.9 Å². The number of aryl methyl sites for hydroxylation is 2. The second kappa shape index (κ2) is 8.38. The Morgan fingerprint density at radius 1 is 1.10 bits per heavy atom. The summed E-state index contributed by atoms with van der Waals surface area (Å²) in [6.07, 6.45) is 1.82. The molecule has 0 saturated carbocycles. The van der Waals surface area contributed by atoms with Crippen LogP contribution in [-0.2, 0) is 17.9 Å². The maximum Gasteiger partial charge on any atom is 0.329 e. The zero-order valence-electron chi connectivity index (χ0n) is 16.8. The lowest BCUT2D eigenvalue weighted by Gasteiger charge is -2.34. The van der Waals surface area contributed by atoms with Gasteiger partial charge in [-0.2, -0.15) is 0 Å². The summed E-state index contributed by atoms with van der Waals surface area (Å²) in [7, 11) is 0. The highest BCUT2D eigenvalue weighted by Crippen LogP contribution is 2.20. The summed E-state index contributed by atoms with van der Waals surface area (Å²) in [4.78, 5) is 33.8. The quantitative estimate of drug-likeness (QED) is 0.668. The molecule has 0 aliphatic carbocycles. The van der Waals surface area contributed by atoms with Crippen molar-refractivity contribution < 1.29 is 4.79 Å². The van der Waals surface area contributed by atoms with E-state index in [-0.39, 0.29) is 11.6 Å². The van der Waals surface area contributed by atoms with E-state index in [0.29, 0.717) is 19.6 Å². The molecular formula is C20H26N6O2S. The molecule has 1 N–H and O–H groups in total. The van der Waals surface area contributed by atoms with E-state index in [1.807, 2.05) is 43.6 Å². The van der Waals surface area contributed by atoms with Crippen LogP contribution in [-0.4, -0.2) is 57.6 Å². The third kappa shape index (κ3) is 3.92. The number of hydrogen-bond acceptors (Lipinski definition) is 6. The molecule has 0 spiro atoms. The molecule has 1 aromatic carbocycles. The molecular weight excluding hydrogens is 388 g/mol. The average molecular weight is 415 g/mol. The van der Waals surface area contributed by atoms with Gasteiger partial charge in [0.25, 0.3) is 0 Å². The van der Waals surface area contributed by atoms with Crippen molar-refractivity contribution in [1.29, 1.82) is 0 Å². The molecule has 1 fully saturated rings. The lowest BCUT2D eigenvalue weighted by Crippen LogP contribution is -2.48. The normalized spacial score (nSPS) is 15.2. The second-order valence-electron chi connectivity index (χ2n) is 7.10. The molecule has 1 aliphatic rings. The molecule has 1 saturated heterocycles. The van der Waals surface area contributed by atoms with Gasteiger partial charge in [0.2, 0.25) is 5.91 Å². The Kier molecular flexibility index (Phi) is 5.68. The summed E-state index contributed by atoms with van der Waals surface area (Å²) in [5.74, 6) is -0.0348. The first-order valence-corrected chi connectivity index (χ1v) is 10.9. The van der Waals surface area contributed by atoms with E-state index in [1.54, 1.807) is 20.5 Å². The molecule has 3 aromatic rings. The molecule has 9 heteroatoms. The smallest absolute Gasteiger partial charge is 0.329 e. The number of rotatable bonds is 6. The molecule has 8 nitrogen and oxygen atoms in total. The van der Waals surface area contributed by atoms with Crippen LogP contribution in [0.3, 0.4) is 0 Å². The summed E-state index contributed by atoms with van der Waals surface area (Å²) >= 11 is 1.65. The van der Waals surface area contributed by atoms with Crippen molar-refractivity contribution in [3.8, 4) is 0 Å². The summed E-state index contributed by atoms with van der Waals surface area (Å²) in [5.41, 5.74) is 2.47. The Balaban J connectivity index is 1.40. The van der Waals surface area contributed by atoms with Gasteiger partial charge in [0.15, 0.2) is 5.13 Å². The lowest BCUT2D eigenvalue weighted by atomic mass is 10.2. The summed E-state index contributed by atoms with van der Waals surface area (Å²) in [5, 5.41) is 6.02. The molecule has 154 valence electrons. The summed E-state index contributed by atoms with van der Waals surface area (Å²) in [6.45, 7) is 8.92. The number of aromatic nitrogens is 3. The van der Waals surface area contributed by atoms with Gasteiger partial charge in [-0.25, -0.2) is 9.78 Å². The van der Waals surface area contributed by atoms with Crippen LogP contribution in [0, 0.1) is 0 Å².